The highest BCUT2D eigenvalue weighted by atomic mass is 16.5. The summed E-state index contributed by atoms with van der Waals surface area (Å²) < 4.78 is 4.70. The topological polar surface area (TPSA) is 67.4 Å². The van der Waals surface area contributed by atoms with E-state index in [-0.39, 0.29) is 12.6 Å². The predicted molar refractivity (Wildman–Crippen MR) is 72.9 cm³/mol. The van der Waals surface area contributed by atoms with E-state index < -0.39 is 5.97 Å². The third-order valence-corrected chi connectivity index (χ3v) is 2.64. The molecule has 0 aliphatic carbocycles. The summed E-state index contributed by atoms with van der Waals surface area (Å²) in [6.07, 6.45) is 0.763. The van der Waals surface area contributed by atoms with Crippen molar-refractivity contribution in [2.45, 2.75) is 20.3 Å². The Balaban J connectivity index is 2.21. The van der Waals surface area contributed by atoms with Gasteiger partial charge >= 0.3 is 12.0 Å². The molecule has 0 bridgehead atoms. The Bertz CT molecular complexity index is 432. The van der Waals surface area contributed by atoms with E-state index in [9.17, 15) is 9.59 Å². The Labute approximate surface area is 113 Å². The molecule has 1 aromatic carbocycles. The zero-order valence-electron chi connectivity index (χ0n) is 11.4. The van der Waals surface area contributed by atoms with Crippen LogP contribution in [0.4, 0.5) is 4.79 Å². The Hall–Kier alpha value is -2.04. The van der Waals surface area contributed by atoms with E-state index in [2.05, 4.69) is 10.6 Å². The maximum absolute atomic E-state index is 11.4. The largest absolute Gasteiger partial charge is 0.465 e. The molecule has 0 spiro atoms. The maximum atomic E-state index is 11.4. The van der Waals surface area contributed by atoms with E-state index in [0.717, 1.165) is 6.42 Å². The van der Waals surface area contributed by atoms with Gasteiger partial charge in [-0.15, -0.1) is 0 Å². The number of amides is 2. The summed E-state index contributed by atoms with van der Waals surface area (Å²) in [5.74, 6) is -0.434. The molecule has 0 saturated heterocycles. The van der Waals surface area contributed by atoms with E-state index >= 15 is 0 Å². The van der Waals surface area contributed by atoms with Crippen LogP contribution in [0.2, 0.25) is 0 Å². The zero-order chi connectivity index (χ0) is 14.1. The molecule has 5 heteroatoms. The first-order chi connectivity index (χ1) is 9.13. The predicted octanol–water partition coefficient (Wildman–Crippen LogP) is 1.40. The van der Waals surface area contributed by atoms with Gasteiger partial charge in [-0.2, -0.15) is 0 Å². The van der Waals surface area contributed by atoms with Gasteiger partial charge in [-0.1, -0.05) is 24.3 Å². The average Bonchev–Trinajstić information content (AvgIpc) is 2.39. The Morgan fingerprint density at radius 3 is 2.63 bits per heavy atom. The molecule has 1 aromatic rings. The second kappa shape index (κ2) is 8.13. The van der Waals surface area contributed by atoms with E-state index in [0.29, 0.717) is 13.2 Å². The quantitative estimate of drug-likeness (QED) is 0.763. The molecule has 19 heavy (non-hydrogen) atoms. The number of aryl methyl sites for hydroxylation is 1. The van der Waals surface area contributed by atoms with Crippen LogP contribution in [0.1, 0.15) is 18.1 Å². The molecule has 2 N–H and O–H groups in total. The van der Waals surface area contributed by atoms with Crippen LogP contribution in [0.3, 0.4) is 0 Å². The lowest BCUT2D eigenvalue weighted by atomic mass is 10.1. The summed E-state index contributed by atoms with van der Waals surface area (Å²) in [4.78, 5) is 22.4. The van der Waals surface area contributed by atoms with Crippen LogP contribution >= 0.6 is 0 Å². The van der Waals surface area contributed by atoms with Crippen LogP contribution in [-0.4, -0.2) is 31.7 Å². The second-order valence-corrected chi connectivity index (χ2v) is 4.09. The standard InChI is InChI=1S/C14H20N2O3/c1-3-19-13(17)10-16-14(18)15-9-8-12-7-5-4-6-11(12)2/h4-7H,3,8-10H2,1-2H3,(H2,15,16,18). The third-order valence-electron chi connectivity index (χ3n) is 2.64. The maximum Gasteiger partial charge on any atom is 0.325 e. The molecular weight excluding hydrogens is 244 g/mol. The molecule has 0 saturated carbocycles. The highest BCUT2D eigenvalue weighted by Crippen LogP contribution is 2.06. The Morgan fingerprint density at radius 2 is 1.95 bits per heavy atom. The fourth-order valence-electron chi connectivity index (χ4n) is 1.63. The number of esters is 1. The van der Waals surface area contributed by atoms with Gasteiger partial charge in [-0.25, -0.2) is 4.79 Å². The van der Waals surface area contributed by atoms with Crippen molar-refractivity contribution in [3.8, 4) is 0 Å². The van der Waals surface area contributed by atoms with E-state index in [1.807, 2.05) is 31.2 Å². The molecule has 0 fully saturated rings. The zero-order valence-corrected chi connectivity index (χ0v) is 11.4. The Morgan fingerprint density at radius 1 is 1.21 bits per heavy atom. The lowest BCUT2D eigenvalue weighted by molar-refractivity contribution is -0.141. The summed E-state index contributed by atoms with van der Waals surface area (Å²) in [6.45, 7) is 4.50. The highest BCUT2D eigenvalue weighted by molar-refractivity contribution is 5.80. The summed E-state index contributed by atoms with van der Waals surface area (Å²) in [5.41, 5.74) is 2.41. The number of urea groups is 1. The first-order valence-corrected chi connectivity index (χ1v) is 6.35. The van der Waals surface area contributed by atoms with Crippen molar-refractivity contribution in [1.82, 2.24) is 10.6 Å². The van der Waals surface area contributed by atoms with E-state index in [4.69, 9.17) is 4.74 Å². The molecule has 1 rings (SSSR count). The monoisotopic (exact) mass is 264 g/mol. The van der Waals surface area contributed by atoms with E-state index in [1.165, 1.54) is 11.1 Å². The number of ether oxygens (including phenoxy) is 1. The molecule has 0 aromatic heterocycles. The van der Waals surface area contributed by atoms with Gasteiger partial charge < -0.3 is 15.4 Å². The summed E-state index contributed by atoms with van der Waals surface area (Å²) in [5, 5.41) is 5.14. The Kier molecular flexibility index (Phi) is 6.43. The molecule has 0 aliphatic heterocycles. The fourth-order valence-corrected chi connectivity index (χ4v) is 1.63. The number of rotatable bonds is 6. The van der Waals surface area contributed by atoms with Gasteiger partial charge in [0.15, 0.2) is 0 Å². The first kappa shape index (κ1) is 15.0. The van der Waals surface area contributed by atoms with Crippen LogP contribution in [0.5, 0.6) is 0 Å². The molecule has 104 valence electrons. The lowest BCUT2D eigenvalue weighted by Crippen LogP contribution is -2.39. The number of carbonyl (C=O) groups excluding carboxylic acids is 2. The fraction of sp³-hybridized carbons (Fsp3) is 0.429. The number of hydrogen-bond donors (Lipinski definition) is 2. The van der Waals surface area contributed by atoms with Crippen molar-refractivity contribution in [2.75, 3.05) is 19.7 Å². The highest BCUT2D eigenvalue weighted by Gasteiger charge is 2.05. The van der Waals surface area contributed by atoms with Gasteiger partial charge in [0.2, 0.25) is 0 Å². The van der Waals surface area contributed by atoms with Crippen LogP contribution < -0.4 is 10.6 Å². The first-order valence-electron chi connectivity index (χ1n) is 6.35. The van der Waals surface area contributed by atoms with Crippen molar-refractivity contribution < 1.29 is 14.3 Å². The molecule has 0 atom stereocenters. The second-order valence-electron chi connectivity index (χ2n) is 4.09. The summed E-state index contributed by atoms with van der Waals surface area (Å²) in [7, 11) is 0. The molecule has 0 aliphatic rings. The lowest BCUT2D eigenvalue weighted by Gasteiger charge is -2.08. The molecule has 0 radical (unpaired) electrons. The van der Waals surface area contributed by atoms with Gasteiger partial charge in [0.25, 0.3) is 0 Å². The van der Waals surface area contributed by atoms with Gasteiger partial charge in [-0.3, -0.25) is 4.79 Å². The number of hydrogen-bond acceptors (Lipinski definition) is 3. The number of carbonyl (C=O) groups is 2. The van der Waals surface area contributed by atoms with Crippen molar-refractivity contribution in [1.29, 1.82) is 0 Å². The van der Waals surface area contributed by atoms with Crippen molar-refractivity contribution >= 4 is 12.0 Å². The SMILES string of the molecule is CCOC(=O)CNC(=O)NCCc1ccccc1C. The molecule has 5 nitrogen and oxygen atoms in total. The minimum atomic E-state index is -0.434. The molecule has 0 unspecified atom stereocenters. The minimum absolute atomic E-state index is 0.107. The summed E-state index contributed by atoms with van der Waals surface area (Å²) >= 11 is 0. The van der Waals surface area contributed by atoms with Crippen LogP contribution in [0, 0.1) is 6.92 Å². The van der Waals surface area contributed by atoms with Crippen LogP contribution in [0.25, 0.3) is 0 Å². The van der Waals surface area contributed by atoms with Gasteiger partial charge in [0, 0.05) is 6.54 Å². The van der Waals surface area contributed by atoms with Gasteiger partial charge in [0.05, 0.1) is 6.61 Å². The molecule has 2 amide bonds. The minimum Gasteiger partial charge on any atom is -0.465 e. The van der Waals surface area contributed by atoms with Crippen molar-refractivity contribution in [3.63, 3.8) is 0 Å². The van der Waals surface area contributed by atoms with Gasteiger partial charge in [-0.05, 0) is 31.4 Å². The molecule has 0 heterocycles. The number of nitrogens with one attached hydrogen (secondary N) is 2. The van der Waals surface area contributed by atoms with Crippen LogP contribution in [-0.2, 0) is 16.0 Å². The number of benzene rings is 1. The third kappa shape index (κ3) is 5.90. The van der Waals surface area contributed by atoms with E-state index in [1.54, 1.807) is 6.92 Å². The van der Waals surface area contributed by atoms with Crippen molar-refractivity contribution in [2.24, 2.45) is 0 Å². The average molecular weight is 264 g/mol. The molecular formula is C14H20N2O3. The van der Waals surface area contributed by atoms with Gasteiger partial charge in [0.1, 0.15) is 6.54 Å². The normalized spacial score (nSPS) is 9.79. The smallest absolute Gasteiger partial charge is 0.325 e. The van der Waals surface area contributed by atoms with Crippen molar-refractivity contribution in [3.05, 3.63) is 35.4 Å². The summed E-state index contributed by atoms with van der Waals surface area (Å²) in [6, 6.07) is 7.67. The van der Waals surface area contributed by atoms with Crippen LogP contribution in [0.15, 0.2) is 24.3 Å².